The number of hydrogen-bond acceptors (Lipinski definition) is 2. The molecule has 0 N–H and O–H groups in total. The van der Waals surface area contributed by atoms with Crippen molar-refractivity contribution in [2.45, 2.75) is 5.41 Å². The van der Waals surface area contributed by atoms with Crippen LogP contribution in [-0.4, -0.2) is 0 Å². The molecule has 2 nitrogen and oxygen atoms in total. The van der Waals surface area contributed by atoms with Crippen molar-refractivity contribution in [1.29, 1.82) is 0 Å². The number of fused-ring (bicyclic) bond motifs is 13. The van der Waals surface area contributed by atoms with Crippen LogP contribution in [0.3, 0.4) is 0 Å². The van der Waals surface area contributed by atoms with Gasteiger partial charge in [0.05, 0.1) is 5.41 Å². The fourth-order valence-corrected chi connectivity index (χ4v) is 11.7. The van der Waals surface area contributed by atoms with E-state index in [-0.39, 0.29) is 0 Å². The first-order valence-corrected chi connectivity index (χ1v) is 23.8. The summed E-state index contributed by atoms with van der Waals surface area (Å²) >= 11 is 0. The van der Waals surface area contributed by atoms with E-state index in [9.17, 15) is 0 Å². The Morgan fingerprint density at radius 2 is 0.710 bits per heavy atom. The molecule has 0 saturated heterocycles. The van der Waals surface area contributed by atoms with E-state index in [1.807, 2.05) is 6.07 Å². The van der Waals surface area contributed by atoms with Gasteiger partial charge in [0.1, 0.15) is 11.2 Å². The van der Waals surface area contributed by atoms with Crippen LogP contribution < -0.4 is 4.90 Å². The molecule has 0 aliphatic heterocycles. The van der Waals surface area contributed by atoms with Crippen molar-refractivity contribution >= 4 is 39.0 Å². The Hall–Kier alpha value is -8.98. The molecule has 0 bridgehead atoms. The minimum atomic E-state index is -0.454. The molecule has 11 aromatic carbocycles. The maximum absolute atomic E-state index is 6.65. The molecule has 1 heterocycles. The molecule has 1 aromatic heterocycles. The number of benzene rings is 11. The third-order valence-corrected chi connectivity index (χ3v) is 14.7. The molecular formula is C67H43NO. The molecule has 0 atom stereocenters. The Morgan fingerprint density at radius 3 is 1.35 bits per heavy atom. The van der Waals surface area contributed by atoms with E-state index < -0.39 is 5.41 Å². The SMILES string of the molecule is c1ccc(-c2ccc(N(c3ccc(-c4cc(-c5ccccc5)ccc4-c4cccc5c4oc4ccccc45)cc3)c3ccc4c(c3)C3(c5ccccc5-c5ccccc53)c3ccccc3-4)cc2)cc1. The van der Waals surface area contributed by atoms with Gasteiger partial charge in [-0.05, 0) is 132 Å². The largest absolute Gasteiger partial charge is 0.455 e. The van der Waals surface area contributed by atoms with Crippen LogP contribution in [0.25, 0.3) is 88.7 Å². The third kappa shape index (κ3) is 5.99. The highest BCUT2D eigenvalue weighted by molar-refractivity contribution is 6.11. The van der Waals surface area contributed by atoms with Gasteiger partial charge in [0.2, 0.25) is 0 Å². The zero-order chi connectivity index (χ0) is 45.5. The van der Waals surface area contributed by atoms with E-state index in [1.165, 1.54) is 66.8 Å². The fraction of sp³-hybridized carbons (Fsp3) is 0.0149. The third-order valence-electron chi connectivity index (χ3n) is 14.7. The minimum Gasteiger partial charge on any atom is -0.455 e. The fourth-order valence-electron chi connectivity index (χ4n) is 11.7. The Morgan fingerprint density at radius 1 is 0.261 bits per heavy atom. The van der Waals surface area contributed by atoms with E-state index in [0.717, 1.165) is 61.3 Å². The molecular weight excluding hydrogens is 835 g/mol. The summed E-state index contributed by atoms with van der Waals surface area (Å²) in [5.74, 6) is 0. The van der Waals surface area contributed by atoms with E-state index in [0.29, 0.717) is 0 Å². The summed E-state index contributed by atoms with van der Waals surface area (Å²) in [6, 6.07) is 95.5. The van der Waals surface area contributed by atoms with E-state index >= 15 is 0 Å². The first kappa shape index (κ1) is 39.2. The van der Waals surface area contributed by atoms with Crippen molar-refractivity contribution in [3.63, 3.8) is 0 Å². The highest BCUT2D eigenvalue weighted by Gasteiger charge is 2.51. The van der Waals surface area contributed by atoms with E-state index in [1.54, 1.807) is 0 Å². The van der Waals surface area contributed by atoms with Crippen LogP contribution in [0.5, 0.6) is 0 Å². The number of anilines is 3. The predicted molar refractivity (Wildman–Crippen MR) is 286 cm³/mol. The number of furan rings is 1. The van der Waals surface area contributed by atoms with Crippen LogP contribution in [0, 0.1) is 0 Å². The second-order valence-corrected chi connectivity index (χ2v) is 18.3. The summed E-state index contributed by atoms with van der Waals surface area (Å²) < 4.78 is 6.65. The molecule has 0 fully saturated rings. The summed E-state index contributed by atoms with van der Waals surface area (Å²) in [4.78, 5) is 2.43. The topological polar surface area (TPSA) is 16.4 Å². The molecule has 14 rings (SSSR count). The Labute approximate surface area is 401 Å². The molecule has 0 amide bonds. The van der Waals surface area contributed by atoms with Gasteiger partial charge in [-0.1, -0.05) is 212 Å². The summed E-state index contributed by atoms with van der Waals surface area (Å²) in [6.07, 6.45) is 0. The molecule has 2 aliphatic rings. The molecule has 69 heavy (non-hydrogen) atoms. The summed E-state index contributed by atoms with van der Waals surface area (Å²) in [6.45, 7) is 0. The van der Waals surface area contributed by atoms with Gasteiger partial charge in [-0.15, -0.1) is 0 Å². The van der Waals surface area contributed by atoms with Gasteiger partial charge in [0.15, 0.2) is 0 Å². The lowest BCUT2D eigenvalue weighted by Crippen LogP contribution is -2.26. The van der Waals surface area contributed by atoms with Gasteiger partial charge in [0, 0.05) is 33.4 Å². The highest BCUT2D eigenvalue weighted by Crippen LogP contribution is 2.63. The quantitative estimate of drug-likeness (QED) is 0.159. The van der Waals surface area contributed by atoms with Gasteiger partial charge in [-0.25, -0.2) is 0 Å². The second-order valence-electron chi connectivity index (χ2n) is 18.3. The van der Waals surface area contributed by atoms with Crippen molar-refractivity contribution in [1.82, 2.24) is 0 Å². The van der Waals surface area contributed by atoms with Gasteiger partial charge < -0.3 is 9.32 Å². The number of rotatable bonds is 7. The van der Waals surface area contributed by atoms with Crippen molar-refractivity contribution in [3.05, 3.63) is 283 Å². The van der Waals surface area contributed by atoms with Crippen LogP contribution in [0.1, 0.15) is 22.3 Å². The first-order valence-electron chi connectivity index (χ1n) is 23.8. The smallest absolute Gasteiger partial charge is 0.143 e. The Bertz CT molecular complexity index is 3880. The summed E-state index contributed by atoms with van der Waals surface area (Å²) in [5.41, 5.74) is 24.3. The van der Waals surface area contributed by atoms with E-state index in [4.69, 9.17) is 4.42 Å². The standard InChI is InChI=1S/C67H43NO/c1-3-16-44(17-4-1)46-30-35-49(36-31-46)68(51-39-41-56-55-22-9-13-28-63(55)67(64(56)43-51)61-26-11-7-20-53(61)54-21-8-12-27-62(54)67)50-37-32-47(33-38-50)60-42-48(45-18-5-2-6-19-45)34-40-52(60)58-24-15-25-59-57-23-10-14-29-65(57)69-66(58)59/h1-43H. The summed E-state index contributed by atoms with van der Waals surface area (Å²) in [5, 5.41) is 2.25. The molecule has 322 valence electrons. The maximum Gasteiger partial charge on any atom is 0.143 e. The summed E-state index contributed by atoms with van der Waals surface area (Å²) in [7, 11) is 0. The van der Waals surface area contributed by atoms with Gasteiger partial charge in [-0.3, -0.25) is 0 Å². The van der Waals surface area contributed by atoms with E-state index in [2.05, 4.69) is 260 Å². The predicted octanol–water partition coefficient (Wildman–Crippen LogP) is 18.1. The molecule has 0 saturated carbocycles. The van der Waals surface area contributed by atoms with Crippen molar-refractivity contribution in [3.8, 4) is 66.8 Å². The maximum atomic E-state index is 6.65. The molecule has 2 aliphatic carbocycles. The van der Waals surface area contributed by atoms with Crippen LogP contribution in [-0.2, 0) is 5.41 Å². The minimum absolute atomic E-state index is 0.454. The van der Waals surface area contributed by atoms with Crippen molar-refractivity contribution in [2.75, 3.05) is 4.90 Å². The van der Waals surface area contributed by atoms with Crippen molar-refractivity contribution < 1.29 is 4.42 Å². The van der Waals surface area contributed by atoms with Crippen LogP contribution in [0.4, 0.5) is 17.1 Å². The number of para-hydroxylation sites is 2. The Balaban J connectivity index is 0.952. The van der Waals surface area contributed by atoms with Crippen molar-refractivity contribution in [2.24, 2.45) is 0 Å². The number of hydrogen-bond donors (Lipinski definition) is 0. The highest BCUT2D eigenvalue weighted by atomic mass is 16.3. The average molecular weight is 878 g/mol. The molecule has 0 unspecified atom stereocenters. The van der Waals surface area contributed by atoms with Crippen LogP contribution in [0.15, 0.2) is 265 Å². The first-order chi connectivity index (χ1) is 34.2. The lowest BCUT2D eigenvalue weighted by molar-refractivity contribution is 0.670. The lowest BCUT2D eigenvalue weighted by Gasteiger charge is -2.32. The Kier molecular flexibility index (Phi) is 8.84. The van der Waals surface area contributed by atoms with Crippen LogP contribution in [0.2, 0.25) is 0 Å². The molecule has 12 aromatic rings. The van der Waals surface area contributed by atoms with Gasteiger partial charge >= 0.3 is 0 Å². The molecule has 2 heteroatoms. The number of nitrogens with zero attached hydrogens (tertiary/aromatic N) is 1. The van der Waals surface area contributed by atoms with Crippen LogP contribution >= 0.6 is 0 Å². The second kappa shape index (κ2) is 15.6. The van der Waals surface area contributed by atoms with Gasteiger partial charge in [-0.2, -0.15) is 0 Å². The lowest BCUT2D eigenvalue weighted by atomic mass is 9.70. The normalized spacial score (nSPS) is 12.8. The zero-order valence-corrected chi connectivity index (χ0v) is 37.7. The molecule has 1 spiro atoms. The monoisotopic (exact) mass is 877 g/mol. The average Bonchev–Trinajstić information content (AvgIpc) is 4.06. The van der Waals surface area contributed by atoms with Gasteiger partial charge in [0.25, 0.3) is 0 Å². The zero-order valence-electron chi connectivity index (χ0n) is 37.7. The molecule has 0 radical (unpaired) electrons.